The lowest BCUT2D eigenvalue weighted by molar-refractivity contribution is -0.144. The second-order valence-electron chi connectivity index (χ2n) is 12.2. The summed E-state index contributed by atoms with van der Waals surface area (Å²) in [6, 6.07) is 9.82. The number of aryl methyl sites for hydroxylation is 1. The van der Waals surface area contributed by atoms with E-state index in [1.807, 2.05) is 55.5 Å². The van der Waals surface area contributed by atoms with Gasteiger partial charge in [-0.15, -0.1) is 0 Å². The molecule has 12 heteroatoms. The molecule has 4 atom stereocenters. The molecule has 4 unspecified atom stereocenters. The van der Waals surface area contributed by atoms with Gasteiger partial charge in [0.25, 0.3) is 0 Å². The number of carboxylic acid groups (broad SMARTS) is 1. The van der Waals surface area contributed by atoms with Crippen molar-refractivity contribution in [3.05, 3.63) is 54.1 Å². The van der Waals surface area contributed by atoms with Crippen LogP contribution in [0.4, 0.5) is 4.79 Å². The van der Waals surface area contributed by atoms with Crippen molar-refractivity contribution in [2.75, 3.05) is 34.4 Å². The normalized spacial score (nSPS) is 25.6. The maximum absolute atomic E-state index is 13.8. The summed E-state index contributed by atoms with van der Waals surface area (Å²) in [6.45, 7) is 2.58. The third kappa shape index (κ3) is 5.79. The number of nitrogens with one attached hydrogen (secondary N) is 1. The van der Waals surface area contributed by atoms with Gasteiger partial charge in [-0.1, -0.05) is 12.2 Å². The number of hydrogen-bond donors (Lipinski definition) is 2. The lowest BCUT2D eigenvalue weighted by atomic mass is 10.1. The van der Waals surface area contributed by atoms with Gasteiger partial charge in [0.15, 0.2) is 5.82 Å². The number of allylic oxidation sites excluding steroid dienone is 1. The number of ether oxygens (including phenoxy) is 3. The Labute approximate surface area is 267 Å². The number of carbonyl (C=O) groups excluding carboxylic acids is 2. The number of methoxy groups -OCH3 is 2. The molecular formula is C34H39N5O7. The van der Waals surface area contributed by atoms with E-state index in [0.717, 1.165) is 30.4 Å². The topological polar surface area (TPSA) is 143 Å². The van der Waals surface area contributed by atoms with Gasteiger partial charge < -0.3 is 34.4 Å². The predicted molar refractivity (Wildman–Crippen MR) is 170 cm³/mol. The maximum atomic E-state index is 13.8. The highest BCUT2D eigenvalue weighted by Gasteiger charge is 2.61. The molecule has 6 rings (SSSR count). The quantitative estimate of drug-likeness (QED) is 0.384. The van der Waals surface area contributed by atoms with Gasteiger partial charge in [0, 0.05) is 37.1 Å². The summed E-state index contributed by atoms with van der Waals surface area (Å²) in [5.41, 5.74) is 0.843. The standard InChI is InChI=1S/C34H39N5O7/c1-20-27(45-4)15-14-25-28(20)35-29(21-10-12-23(44-3)13-11-21)36-31(25)46-24-17-26-30(40)37-34(32(41)42)18-22(34)9-7-5-6-8-16-38(2)33(43)39(26)19-24/h7,9-15,22,24,26H,5-6,8,16-19H2,1-4H3,(H,37,40)(H,41,42)/b9-7+. The van der Waals surface area contributed by atoms with Gasteiger partial charge in [0.05, 0.1) is 31.7 Å². The second kappa shape index (κ2) is 12.5. The monoisotopic (exact) mass is 629 g/mol. The fraction of sp³-hybridized carbons (Fsp3) is 0.441. The summed E-state index contributed by atoms with van der Waals surface area (Å²) in [4.78, 5) is 52.6. The van der Waals surface area contributed by atoms with Crippen LogP contribution in [-0.4, -0.2) is 94.8 Å². The Kier molecular flexibility index (Phi) is 8.45. The molecule has 242 valence electrons. The maximum Gasteiger partial charge on any atom is 0.330 e. The number of amides is 3. The molecule has 0 radical (unpaired) electrons. The van der Waals surface area contributed by atoms with Crippen molar-refractivity contribution in [3.63, 3.8) is 0 Å². The van der Waals surface area contributed by atoms with Crippen molar-refractivity contribution < 1.29 is 33.7 Å². The van der Waals surface area contributed by atoms with E-state index >= 15 is 0 Å². The fourth-order valence-electron chi connectivity index (χ4n) is 6.42. The van der Waals surface area contributed by atoms with E-state index in [-0.39, 0.29) is 24.9 Å². The largest absolute Gasteiger partial charge is 0.497 e. The highest BCUT2D eigenvalue weighted by atomic mass is 16.5. The molecule has 2 fully saturated rings. The van der Waals surface area contributed by atoms with Crippen molar-refractivity contribution in [1.29, 1.82) is 0 Å². The SMILES string of the molecule is COc1ccc(-c2nc(OC3CC4C(=O)NC5(C(=O)O)CC5/C=C/CCCCN(C)C(=O)N4C3)c3ccc(OC)c(C)c3n2)cc1. The number of benzene rings is 2. The third-order valence-electron chi connectivity index (χ3n) is 9.25. The summed E-state index contributed by atoms with van der Waals surface area (Å²) in [6.07, 6.45) is 6.19. The van der Waals surface area contributed by atoms with Crippen LogP contribution in [-0.2, 0) is 9.59 Å². The molecule has 0 spiro atoms. The van der Waals surface area contributed by atoms with Crippen LogP contribution in [0.1, 0.15) is 37.7 Å². The van der Waals surface area contributed by atoms with E-state index in [2.05, 4.69) is 5.32 Å². The van der Waals surface area contributed by atoms with Crippen LogP contribution < -0.4 is 19.5 Å². The summed E-state index contributed by atoms with van der Waals surface area (Å²) in [5.74, 6) is 0.240. The Hall–Kier alpha value is -4.87. The molecule has 1 aromatic heterocycles. The summed E-state index contributed by atoms with van der Waals surface area (Å²) in [5, 5.41) is 13.5. The summed E-state index contributed by atoms with van der Waals surface area (Å²) in [7, 11) is 4.92. The van der Waals surface area contributed by atoms with Crippen molar-refractivity contribution in [3.8, 4) is 28.8 Å². The molecule has 0 bridgehead atoms. The first-order chi connectivity index (χ1) is 22.1. The molecule has 12 nitrogen and oxygen atoms in total. The van der Waals surface area contributed by atoms with Gasteiger partial charge in [0.1, 0.15) is 29.2 Å². The zero-order chi connectivity index (χ0) is 32.6. The first-order valence-corrected chi connectivity index (χ1v) is 15.6. The van der Waals surface area contributed by atoms with Crippen LogP contribution in [0.2, 0.25) is 0 Å². The number of hydrogen-bond acceptors (Lipinski definition) is 8. The van der Waals surface area contributed by atoms with E-state index in [0.29, 0.717) is 47.1 Å². The molecule has 46 heavy (non-hydrogen) atoms. The Balaban J connectivity index is 1.35. The van der Waals surface area contributed by atoms with Crippen molar-refractivity contribution >= 4 is 28.8 Å². The van der Waals surface area contributed by atoms with Crippen LogP contribution in [0, 0.1) is 12.8 Å². The number of nitrogens with zero attached hydrogens (tertiary/aromatic N) is 4. The number of carbonyl (C=O) groups is 3. The average Bonchev–Trinajstić information content (AvgIpc) is 3.59. The molecular weight excluding hydrogens is 590 g/mol. The van der Waals surface area contributed by atoms with Crippen molar-refractivity contribution in [1.82, 2.24) is 25.1 Å². The molecule has 3 heterocycles. The van der Waals surface area contributed by atoms with Crippen LogP contribution in [0.5, 0.6) is 17.4 Å². The molecule has 2 aromatic carbocycles. The summed E-state index contributed by atoms with van der Waals surface area (Å²) >= 11 is 0. The molecule has 1 saturated heterocycles. The fourth-order valence-corrected chi connectivity index (χ4v) is 6.42. The Bertz CT molecular complexity index is 1690. The van der Waals surface area contributed by atoms with E-state index in [1.165, 1.54) is 4.90 Å². The lowest BCUT2D eigenvalue weighted by Gasteiger charge is -2.29. The number of aromatic nitrogens is 2. The predicted octanol–water partition coefficient (Wildman–Crippen LogP) is 4.20. The van der Waals surface area contributed by atoms with E-state index in [4.69, 9.17) is 24.2 Å². The number of urea groups is 1. The van der Waals surface area contributed by atoms with E-state index < -0.39 is 29.6 Å². The molecule has 3 aliphatic rings. The first-order valence-electron chi connectivity index (χ1n) is 15.6. The molecule has 3 aromatic rings. The van der Waals surface area contributed by atoms with Gasteiger partial charge in [-0.25, -0.2) is 14.6 Å². The Morgan fingerprint density at radius 3 is 2.57 bits per heavy atom. The number of aliphatic carboxylic acids is 1. The minimum absolute atomic E-state index is 0.128. The van der Waals surface area contributed by atoms with Gasteiger partial charge >= 0.3 is 12.0 Å². The average molecular weight is 630 g/mol. The number of carboxylic acids is 1. The van der Waals surface area contributed by atoms with E-state index in [9.17, 15) is 19.5 Å². The van der Waals surface area contributed by atoms with Crippen LogP contribution in [0.15, 0.2) is 48.6 Å². The molecule has 2 aliphatic heterocycles. The van der Waals surface area contributed by atoms with Crippen LogP contribution in [0.3, 0.4) is 0 Å². The zero-order valence-corrected chi connectivity index (χ0v) is 26.5. The van der Waals surface area contributed by atoms with Gasteiger partial charge in [-0.3, -0.25) is 4.79 Å². The Morgan fingerprint density at radius 2 is 1.85 bits per heavy atom. The minimum Gasteiger partial charge on any atom is -0.497 e. The van der Waals surface area contributed by atoms with Crippen LogP contribution >= 0.6 is 0 Å². The van der Waals surface area contributed by atoms with Gasteiger partial charge in [0.2, 0.25) is 11.8 Å². The smallest absolute Gasteiger partial charge is 0.330 e. The number of rotatable bonds is 6. The number of fused-ring (bicyclic) bond motifs is 3. The van der Waals surface area contributed by atoms with Crippen LogP contribution in [0.25, 0.3) is 22.3 Å². The summed E-state index contributed by atoms with van der Waals surface area (Å²) < 4.78 is 17.4. The lowest BCUT2D eigenvalue weighted by Crippen LogP contribution is -2.54. The van der Waals surface area contributed by atoms with Crippen molar-refractivity contribution in [2.45, 2.75) is 56.7 Å². The molecule has 2 N–H and O–H groups in total. The Morgan fingerprint density at radius 1 is 1.07 bits per heavy atom. The zero-order valence-electron chi connectivity index (χ0n) is 26.5. The van der Waals surface area contributed by atoms with E-state index in [1.54, 1.807) is 26.2 Å². The van der Waals surface area contributed by atoms with Gasteiger partial charge in [-0.2, -0.15) is 4.98 Å². The molecule has 1 aliphatic carbocycles. The second-order valence-corrected chi connectivity index (χ2v) is 12.2. The highest BCUT2D eigenvalue weighted by Crippen LogP contribution is 2.45. The highest BCUT2D eigenvalue weighted by molar-refractivity contribution is 5.95. The first kappa shape index (κ1) is 31.1. The molecule has 3 amide bonds. The van der Waals surface area contributed by atoms with Gasteiger partial charge in [-0.05, 0) is 69.0 Å². The minimum atomic E-state index is -1.37. The molecule has 1 saturated carbocycles. The van der Waals surface area contributed by atoms with Crippen molar-refractivity contribution in [2.24, 2.45) is 5.92 Å². The third-order valence-corrected chi connectivity index (χ3v) is 9.25.